The Morgan fingerprint density at radius 3 is 2.79 bits per heavy atom. The third kappa shape index (κ3) is 4.54. The third-order valence-corrected chi connectivity index (χ3v) is 6.68. The van der Waals surface area contributed by atoms with Crippen molar-refractivity contribution in [3.05, 3.63) is 30.3 Å². The molecule has 3 atom stereocenters. The first-order valence-corrected chi connectivity index (χ1v) is 10.3. The van der Waals surface area contributed by atoms with Crippen molar-refractivity contribution < 1.29 is 9.53 Å². The van der Waals surface area contributed by atoms with E-state index in [1.165, 1.54) is 45.2 Å². The Labute approximate surface area is 150 Å². The molecule has 2 saturated heterocycles. The molecule has 0 N–H and O–H groups in total. The fourth-order valence-electron chi connectivity index (χ4n) is 4.02. The molecule has 132 valence electrons. The zero-order chi connectivity index (χ0) is 16.8. The lowest BCUT2D eigenvalue weighted by molar-refractivity contribution is -0.146. The van der Waals surface area contributed by atoms with E-state index < -0.39 is 0 Å². The summed E-state index contributed by atoms with van der Waals surface area (Å²) < 4.78 is 5.77. The summed E-state index contributed by atoms with van der Waals surface area (Å²) >= 11 is 1.62. The van der Waals surface area contributed by atoms with Gasteiger partial charge in [-0.1, -0.05) is 31.5 Å². The smallest absolute Gasteiger partial charge is 0.319 e. The van der Waals surface area contributed by atoms with Gasteiger partial charge in [0, 0.05) is 16.9 Å². The third-order valence-electron chi connectivity index (χ3n) is 5.32. The molecule has 0 aromatic heterocycles. The predicted octanol–water partition coefficient (Wildman–Crippen LogP) is 4.37. The molecule has 2 fully saturated rings. The summed E-state index contributed by atoms with van der Waals surface area (Å²) in [5.74, 6) is 0.488. The summed E-state index contributed by atoms with van der Waals surface area (Å²) in [5, 5.41) is -0.0987. The summed E-state index contributed by atoms with van der Waals surface area (Å²) in [6.07, 6.45) is 7.18. The van der Waals surface area contributed by atoms with Crippen molar-refractivity contribution in [3.63, 3.8) is 0 Å². The number of carbonyl (C=O) groups excluding carboxylic acids is 1. The summed E-state index contributed by atoms with van der Waals surface area (Å²) in [4.78, 5) is 16.3. The fourth-order valence-corrected chi connectivity index (χ4v) is 4.99. The van der Waals surface area contributed by atoms with Gasteiger partial charge in [-0.15, -0.1) is 11.8 Å². The molecule has 24 heavy (non-hydrogen) atoms. The summed E-state index contributed by atoms with van der Waals surface area (Å²) in [6, 6.07) is 10.8. The fraction of sp³-hybridized carbons (Fsp3) is 0.650. The number of thioether (sulfide) groups is 1. The lowest BCUT2D eigenvalue weighted by Gasteiger charge is -2.44. The van der Waals surface area contributed by atoms with E-state index in [4.69, 9.17) is 4.74 Å². The lowest BCUT2D eigenvalue weighted by atomic mass is 9.84. The van der Waals surface area contributed by atoms with Gasteiger partial charge < -0.3 is 4.74 Å². The van der Waals surface area contributed by atoms with Crippen molar-refractivity contribution >= 4 is 17.7 Å². The van der Waals surface area contributed by atoms with E-state index in [9.17, 15) is 4.79 Å². The van der Waals surface area contributed by atoms with Crippen LogP contribution >= 0.6 is 11.8 Å². The number of benzene rings is 1. The highest BCUT2D eigenvalue weighted by Crippen LogP contribution is 2.32. The molecule has 0 bridgehead atoms. The van der Waals surface area contributed by atoms with Gasteiger partial charge in [0.05, 0.1) is 6.61 Å². The maximum Gasteiger partial charge on any atom is 0.319 e. The van der Waals surface area contributed by atoms with Gasteiger partial charge in [-0.3, -0.25) is 9.69 Å². The molecule has 0 saturated carbocycles. The van der Waals surface area contributed by atoms with Crippen molar-refractivity contribution in [1.29, 1.82) is 0 Å². The van der Waals surface area contributed by atoms with Gasteiger partial charge in [0.25, 0.3) is 0 Å². The molecular weight excluding hydrogens is 318 g/mol. The van der Waals surface area contributed by atoms with E-state index in [0.717, 1.165) is 11.3 Å². The first-order valence-electron chi connectivity index (χ1n) is 9.40. The van der Waals surface area contributed by atoms with Gasteiger partial charge in [0.2, 0.25) is 0 Å². The van der Waals surface area contributed by atoms with Crippen LogP contribution in [0.1, 0.15) is 45.4 Å². The van der Waals surface area contributed by atoms with Crippen LogP contribution in [0.3, 0.4) is 0 Å². The number of nitrogens with zero attached hydrogens (tertiary/aromatic N) is 1. The zero-order valence-electron chi connectivity index (χ0n) is 14.7. The number of hydrogen-bond acceptors (Lipinski definition) is 4. The molecule has 0 spiro atoms. The molecule has 3 nitrogen and oxygen atoms in total. The van der Waals surface area contributed by atoms with Crippen LogP contribution in [0.5, 0.6) is 0 Å². The average Bonchev–Trinajstić information content (AvgIpc) is 2.65. The minimum atomic E-state index is -0.0987. The molecule has 2 aliphatic heterocycles. The maximum atomic E-state index is 12.5. The van der Waals surface area contributed by atoms with Crippen LogP contribution in [0.15, 0.2) is 35.2 Å². The Hall–Kier alpha value is -1.00. The van der Waals surface area contributed by atoms with Crippen molar-refractivity contribution in [2.75, 3.05) is 19.7 Å². The highest BCUT2D eigenvalue weighted by atomic mass is 32.2. The highest BCUT2D eigenvalue weighted by Gasteiger charge is 2.34. The quantitative estimate of drug-likeness (QED) is 0.565. The van der Waals surface area contributed by atoms with Crippen LogP contribution in [0, 0.1) is 5.92 Å². The monoisotopic (exact) mass is 347 g/mol. The second-order valence-corrected chi connectivity index (χ2v) is 8.24. The SMILES string of the molecule is CC[C@@H](Sc1ccccc1)C(=O)OC[C@@H]1CCCN2CCCC[C@H]12. The van der Waals surface area contributed by atoms with Crippen molar-refractivity contribution in [1.82, 2.24) is 4.90 Å². The normalized spacial score (nSPS) is 25.7. The number of carbonyl (C=O) groups is 1. The predicted molar refractivity (Wildman–Crippen MR) is 99.3 cm³/mol. The average molecular weight is 348 g/mol. The minimum absolute atomic E-state index is 0.0423. The molecule has 0 aliphatic carbocycles. The molecule has 0 unspecified atom stereocenters. The summed E-state index contributed by atoms with van der Waals surface area (Å²) in [5.41, 5.74) is 0. The standard InChI is InChI=1S/C20H29NO2S/c1-2-19(24-17-10-4-3-5-11-17)20(22)23-15-16-9-8-14-21-13-7-6-12-18(16)21/h3-5,10-11,16,18-19H,2,6-9,12-15H2,1H3/t16-,18+,19+/m0/s1. The number of ether oxygens (including phenoxy) is 1. The second kappa shape index (κ2) is 8.91. The topological polar surface area (TPSA) is 29.5 Å². The maximum absolute atomic E-state index is 12.5. The van der Waals surface area contributed by atoms with Gasteiger partial charge in [-0.2, -0.15) is 0 Å². The van der Waals surface area contributed by atoms with Crippen LogP contribution in [-0.4, -0.2) is 41.9 Å². The van der Waals surface area contributed by atoms with Crippen LogP contribution in [0.4, 0.5) is 0 Å². The molecular formula is C20H29NO2S. The van der Waals surface area contributed by atoms with E-state index in [-0.39, 0.29) is 11.2 Å². The Kier molecular flexibility index (Phi) is 6.61. The van der Waals surface area contributed by atoms with Crippen molar-refractivity contribution in [2.45, 2.75) is 61.6 Å². The zero-order valence-corrected chi connectivity index (χ0v) is 15.5. The highest BCUT2D eigenvalue weighted by molar-refractivity contribution is 8.00. The Bertz CT molecular complexity index is 520. The molecule has 2 aliphatic rings. The number of piperidine rings is 2. The van der Waals surface area contributed by atoms with Gasteiger partial charge in [0.1, 0.15) is 5.25 Å². The van der Waals surface area contributed by atoms with Crippen LogP contribution in [-0.2, 0) is 9.53 Å². The Balaban J connectivity index is 1.51. The minimum Gasteiger partial charge on any atom is -0.464 e. The molecule has 1 aromatic rings. The number of esters is 1. The molecule has 0 radical (unpaired) electrons. The second-order valence-electron chi connectivity index (χ2n) is 6.96. The molecule has 3 rings (SSSR count). The van der Waals surface area contributed by atoms with Gasteiger partial charge >= 0.3 is 5.97 Å². The van der Waals surface area contributed by atoms with Crippen LogP contribution in [0.25, 0.3) is 0 Å². The van der Waals surface area contributed by atoms with Crippen LogP contribution in [0.2, 0.25) is 0 Å². The van der Waals surface area contributed by atoms with Crippen molar-refractivity contribution in [3.8, 4) is 0 Å². The number of rotatable bonds is 6. The number of hydrogen-bond donors (Lipinski definition) is 0. The van der Waals surface area contributed by atoms with Crippen molar-refractivity contribution in [2.24, 2.45) is 5.92 Å². The summed E-state index contributed by atoms with van der Waals surface area (Å²) in [7, 11) is 0. The Morgan fingerprint density at radius 1 is 1.21 bits per heavy atom. The van der Waals surface area contributed by atoms with Crippen LogP contribution < -0.4 is 0 Å². The van der Waals surface area contributed by atoms with E-state index in [2.05, 4.69) is 24.0 Å². The van der Waals surface area contributed by atoms with E-state index >= 15 is 0 Å². The number of fused-ring (bicyclic) bond motifs is 1. The van der Waals surface area contributed by atoms with Gasteiger partial charge in [0.15, 0.2) is 0 Å². The van der Waals surface area contributed by atoms with E-state index in [1.54, 1.807) is 11.8 Å². The summed E-state index contributed by atoms with van der Waals surface area (Å²) in [6.45, 7) is 5.13. The molecule has 1 aromatic carbocycles. The van der Waals surface area contributed by atoms with Gasteiger partial charge in [-0.25, -0.2) is 0 Å². The van der Waals surface area contributed by atoms with E-state index in [0.29, 0.717) is 18.6 Å². The largest absolute Gasteiger partial charge is 0.464 e. The van der Waals surface area contributed by atoms with E-state index in [1.807, 2.05) is 18.2 Å². The molecule has 4 heteroatoms. The molecule has 0 amide bonds. The Morgan fingerprint density at radius 2 is 2.00 bits per heavy atom. The first kappa shape index (κ1) is 17.8. The molecule has 2 heterocycles. The van der Waals surface area contributed by atoms with Gasteiger partial charge in [-0.05, 0) is 57.3 Å². The first-order chi connectivity index (χ1) is 11.8. The lowest BCUT2D eigenvalue weighted by Crippen LogP contribution is -2.49.